The van der Waals surface area contributed by atoms with Gasteiger partial charge in [0.15, 0.2) is 0 Å². The third-order valence-electron chi connectivity index (χ3n) is 3.90. The Hall–Kier alpha value is -0.280. The van der Waals surface area contributed by atoms with E-state index in [0.717, 1.165) is 23.6 Å². The van der Waals surface area contributed by atoms with Crippen LogP contribution in [0.5, 0.6) is 0 Å². The number of rotatable bonds is 6. The molecule has 1 aromatic rings. The Morgan fingerprint density at radius 1 is 1.26 bits per heavy atom. The summed E-state index contributed by atoms with van der Waals surface area (Å²) in [4.78, 5) is 2.24. The molecule has 19 heavy (non-hydrogen) atoms. The molecule has 0 saturated carbocycles. The van der Waals surface area contributed by atoms with E-state index >= 15 is 0 Å². The fourth-order valence-corrected chi connectivity index (χ4v) is 2.52. The largest absolute Gasteiger partial charge is 0.312 e. The summed E-state index contributed by atoms with van der Waals surface area (Å²) in [6, 6.07) is 6.05. The maximum atomic E-state index is 6.28. The summed E-state index contributed by atoms with van der Waals surface area (Å²) < 4.78 is 0. The van der Waals surface area contributed by atoms with Gasteiger partial charge in [-0.2, -0.15) is 0 Å². The van der Waals surface area contributed by atoms with E-state index < -0.39 is 0 Å². The lowest BCUT2D eigenvalue weighted by Gasteiger charge is -2.41. The molecule has 108 valence electrons. The summed E-state index contributed by atoms with van der Waals surface area (Å²) in [6.07, 6.45) is 0.884. The van der Waals surface area contributed by atoms with Gasteiger partial charge in [0.2, 0.25) is 0 Å². The highest BCUT2D eigenvalue weighted by molar-refractivity contribution is 6.35. The van der Waals surface area contributed by atoms with E-state index in [4.69, 9.17) is 23.2 Å². The fraction of sp³-hybridized carbons (Fsp3) is 0.600. The van der Waals surface area contributed by atoms with Crippen LogP contribution in [0.25, 0.3) is 0 Å². The molecule has 0 aliphatic carbocycles. The van der Waals surface area contributed by atoms with Gasteiger partial charge < -0.3 is 10.2 Å². The quantitative estimate of drug-likeness (QED) is 0.858. The number of nitrogens with zero attached hydrogens (tertiary/aromatic N) is 1. The molecule has 0 aromatic heterocycles. The van der Waals surface area contributed by atoms with Crippen LogP contribution in [0.3, 0.4) is 0 Å². The third kappa shape index (κ3) is 4.35. The molecule has 4 heteroatoms. The predicted octanol–water partition coefficient (Wildman–Crippen LogP) is 3.85. The van der Waals surface area contributed by atoms with Crippen LogP contribution in [0.4, 0.5) is 0 Å². The van der Waals surface area contributed by atoms with Crippen molar-refractivity contribution in [3.05, 3.63) is 33.8 Å². The van der Waals surface area contributed by atoms with Crippen LogP contribution in [-0.2, 0) is 6.42 Å². The highest BCUT2D eigenvalue weighted by Crippen LogP contribution is 2.26. The summed E-state index contributed by atoms with van der Waals surface area (Å²) in [6.45, 7) is 7.55. The average Bonchev–Trinajstić information content (AvgIpc) is 2.31. The first-order valence-electron chi connectivity index (χ1n) is 6.63. The molecular weight excluding hydrogens is 279 g/mol. The van der Waals surface area contributed by atoms with Crippen LogP contribution in [0.2, 0.25) is 10.0 Å². The summed E-state index contributed by atoms with van der Waals surface area (Å²) in [5, 5.41) is 4.98. The van der Waals surface area contributed by atoms with E-state index in [-0.39, 0.29) is 5.54 Å². The van der Waals surface area contributed by atoms with Gasteiger partial charge in [0.1, 0.15) is 0 Å². The first-order chi connectivity index (χ1) is 8.78. The van der Waals surface area contributed by atoms with E-state index in [2.05, 4.69) is 45.1 Å². The SMILES string of the molecule is CCNC(Cc1ccc(Cl)cc1Cl)C(C)(C)N(C)C. The van der Waals surface area contributed by atoms with Crippen LogP contribution in [0, 0.1) is 0 Å². The molecule has 1 rings (SSSR count). The fourth-order valence-electron chi connectivity index (χ4n) is 2.04. The Labute approximate surface area is 127 Å². The molecule has 0 aliphatic heterocycles. The summed E-state index contributed by atoms with van der Waals surface area (Å²) in [5.41, 5.74) is 1.17. The maximum absolute atomic E-state index is 6.28. The third-order valence-corrected chi connectivity index (χ3v) is 4.48. The van der Waals surface area contributed by atoms with Crippen LogP contribution in [0.15, 0.2) is 18.2 Å². The number of nitrogens with one attached hydrogen (secondary N) is 1. The normalized spacial score (nSPS) is 13.9. The average molecular weight is 303 g/mol. The summed E-state index contributed by atoms with van der Waals surface area (Å²) in [5.74, 6) is 0. The molecule has 1 aromatic carbocycles. The van der Waals surface area contributed by atoms with E-state index in [1.54, 1.807) is 0 Å². The molecular formula is C15H24Cl2N2. The van der Waals surface area contributed by atoms with Crippen LogP contribution in [0.1, 0.15) is 26.3 Å². The molecule has 1 atom stereocenters. The summed E-state index contributed by atoms with van der Waals surface area (Å²) in [7, 11) is 4.21. The van der Waals surface area contributed by atoms with Crippen molar-refractivity contribution in [3.8, 4) is 0 Å². The lowest BCUT2D eigenvalue weighted by Crippen LogP contribution is -2.56. The van der Waals surface area contributed by atoms with Gasteiger partial charge in [-0.3, -0.25) is 0 Å². The minimum atomic E-state index is 0.0406. The van der Waals surface area contributed by atoms with Gasteiger partial charge in [0.05, 0.1) is 0 Å². The van der Waals surface area contributed by atoms with Gasteiger partial charge in [-0.05, 0) is 58.6 Å². The van der Waals surface area contributed by atoms with Crippen LogP contribution >= 0.6 is 23.2 Å². The Balaban J connectivity index is 2.95. The van der Waals surface area contributed by atoms with Crippen molar-refractivity contribution in [1.82, 2.24) is 10.2 Å². The molecule has 2 nitrogen and oxygen atoms in total. The van der Waals surface area contributed by atoms with E-state index in [1.165, 1.54) is 0 Å². The molecule has 0 bridgehead atoms. The molecule has 0 amide bonds. The second kappa shape index (κ2) is 6.94. The zero-order chi connectivity index (χ0) is 14.6. The van der Waals surface area contributed by atoms with Crippen molar-refractivity contribution in [1.29, 1.82) is 0 Å². The molecule has 0 spiro atoms. The number of hydrogen-bond acceptors (Lipinski definition) is 2. The second-order valence-corrected chi connectivity index (χ2v) is 6.44. The molecule has 1 N–H and O–H groups in total. The van der Waals surface area contributed by atoms with E-state index in [1.807, 2.05) is 18.2 Å². The lowest BCUT2D eigenvalue weighted by molar-refractivity contribution is 0.138. The van der Waals surface area contributed by atoms with Crippen molar-refractivity contribution in [3.63, 3.8) is 0 Å². The van der Waals surface area contributed by atoms with Gasteiger partial charge in [-0.15, -0.1) is 0 Å². The zero-order valence-electron chi connectivity index (χ0n) is 12.4. The molecule has 1 unspecified atom stereocenters. The van der Waals surface area contributed by atoms with E-state index in [0.29, 0.717) is 11.1 Å². The monoisotopic (exact) mass is 302 g/mol. The number of likely N-dealkylation sites (N-methyl/N-ethyl adjacent to an activating group) is 2. The number of benzene rings is 1. The van der Waals surface area contributed by atoms with Gasteiger partial charge >= 0.3 is 0 Å². The summed E-state index contributed by atoms with van der Waals surface area (Å²) >= 11 is 12.2. The van der Waals surface area contributed by atoms with Crippen LogP contribution in [-0.4, -0.2) is 37.1 Å². The van der Waals surface area contributed by atoms with Crippen molar-refractivity contribution in [2.24, 2.45) is 0 Å². The Bertz CT molecular complexity index is 417. The molecule has 0 heterocycles. The topological polar surface area (TPSA) is 15.3 Å². The van der Waals surface area contributed by atoms with Crippen molar-refractivity contribution >= 4 is 23.2 Å². The minimum absolute atomic E-state index is 0.0406. The highest BCUT2D eigenvalue weighted by Gasteiger charge is 2.31. The molecule has 0 fully saturated rings. The minimum Gasteiger partial charge on any atom is -0.312 e. The molecule has 0 radical (unpaired) electrons. The second-order valence-electron chi connectivity index (χ2n) is 5.60. The van der Waals surface area contributed by atoms with Gasteiger partial charge in [0.25, 0.3) is 0 Å². The molecule has 0 aliphatic rings. The first-order valence-corrected chi connectivity index (χ1v) is 7.39. The Morgan fingerprint density at radius 3 is 2.37 bits per heavy atom. The van der Waals surface area contributed by atoms with Crippen molar-refractivity contribution in [2.75, 3.05) is 20.6 Å². The standard InChI is InChI=1S/C15H24Cl2N2/c1-6-18-14(15(2,3)19(4)5)9-11-7-8-12(16)10-13(11)17/h7-8,10,14,18H,6,9H2,1-5H3. The first kappa shape index (κ1) is 16.8. The predicted molar refractivity (Wildman–Crippen MR) is 85.4 cm³/mol. The zero-order valence-corrected chi connectivity index (χ0v) is 13.9. The number of halogens is 2. The van der Waals surface area contributed by atoms with Gasteiger partial charge in [0, 0.05) is 21.6 Å². The Morgan fingerprint density at radius 2 is 1.89 bits per heavy atom. The highest BCUT2D eigenvalue weighted by atomic mass is 35.5. The smallest absolute Gasteiger partial charge is 0.0453 e. The van der Waals surface area contributed by atoms with Gasteiger partial charge in [-0.25, -0.2) is 0 Å². The van der Waals surface area contributed by atoms with Crippen molar-refractivity contribution in [2.45, 2.75) is 38.8 Å². The lowest BCUT2D eigenvalue weighted by atomic mass is 9.88. The maximum Gasteiger partial charge on any atom is 0.0453 e. The van der Waals surface area contributed by atoms with Crippen LogP contribution < -0.4 is 5.32 Å². The number of hydrogen-bond donors (Lipinski definition) is 1. The Kier molecular flexibility index (Phi) is 6.13. The van der Waals surface area contributed by atoms with E-state index in [9.17, 15) is 0 Å². The van der Waals surface area contributed by atoms with Gasteiger partial charge in [-0.1, -0.05) is 36.2 Å². The molecule has 0 saturated heterocycles. The van der Waals surface area contributed by atoms with Crippen molar-refractivity contribution < 1.29 is 0 Å².